The molecule has 1 aliphatic rings. The summed E-state index contributed by atoms with van der Waals surface area (Å²) in [4.78, 5) is 11.0. The minimum Gasteiger partial charge on any atom is -0.396 e. The van der Waals surface area contributed by atoms with Crippen molar-refractivity contribution in [2.45, 2.75) is 31.0 Å². The lowest BCUT2D eigenvalue weighted by Crippen LogP contribution is -2.31. The molecule has 4 atom stereocenters. The fraction of sp³-hybridized carbons (Fsp3) is 0.545. The number of rotatable bonds is 3. The maximum Gasteiger partial charge on any atom is 0.165 e. The van der Waals surface area contributed by atoms with Gasteiger partial charge in [0, 0.05) is 6.61 Å². The Bertz CT molecular complexity index is 672. The molecule has 4 unspecified atom stereocenters. The number of hydrogen-bond acceptors (Lipinski definition) is 7. The highest BCUT2D eigenvalue weighted by Gasteiger charge is 2.43. The molecule has 0 radical (unpaired) electrons. The van der Waals surface area contributed by atoms with Crippen molar-refractivity contribution in [3.05, 3.63) is 17.3 Å². The van der Waals surface area contributed by atoms with E-state index in [1.54, 1.807) is 4.57 Å². The number of nitrogens with zero attached hydrogens (tertiary/aromatic N) is 3. The van der Waals surface area contributed by atoms with Crippen molar-refractivity contribution >= 4 is 23.4 Å². The summed E-state index contributed by atoms with van der Waals surface area (Å²) >= 11 is 5.07. The summed E-state index contributed by atoms with van der Waals surface area (Å²) < 4.78 is 7.52. The van der Waals surface area contributed by atoms with Crippen LogP contribution in [0.25, 0.3) is 11.2 Å². The first-order valence-electron chi connectivity index (χ1n) is 6.16. The van der Waals surface area contributed by atoms with Gasteiger partial charge in [-0.25, -0.2) is 9.97 Å². The third-order valence-electron chi connectivity index (χ3n) is 3.40. The van der Waals surface area contributed by atoms with E-state index in [2.05, 4.69) is 15.0 Å². The van der Waals surface area contributed by atoms with E-state index in [1.807, 2.05) is 0 Å². The number of nitrogens with one attached hydrogen (secondary N) is 1. The molecule has 3 rings (SSSR count). The van der Waals surface area contributed by atoms with Crippen molar-refractivity contribution in [2.24, 2.45) is 0 Å². The van der Waals surface area contributed by atoms with Crippen molar-refractivity contribution < 1.29 is 20.1 Å². The first-order valence-corrected chi connectivity index (χ1v) is 6.57. The van der Waals surface area contributed by atoms with Crippen LogP contribution in [0.15, 0.2) is 12.7 Å². The summed E-state index contributed by atoms with van der Waals surface area (Å²) in [6.07, 6.45) is -0.430. The predicted octanol–water partition coefficient (Wildman–Crippen LogP) is -0.510. The number of aromatic amines is 1. The Balaban J connectivity index is 1.99. The van der Waals surface area contributed by atoms with Crippen LogP contribution in [0.4, 0.5) is 0 Å². The van der Waals surface area contributed by atoms with E-state index < -0.39 is 24.5 Å². The topological polar surface area (TPSA) is 116 Å². The molecule has 0 spiro atoms. The van der Waals surface area contributed by atoms with Crippen LogP contribution < -0.4 is 0 Å². The Hall–Kier alpha value is -1.39. The van der Waals surface area contributed by atoms with Crippen LogP contribution >= 0.6 is 12.2 Å². The van der Waals surface area contributed by atoms with Crippen molar-refractivity contribution in [1.29, 1.82) is 0 Å². The monoisotopic (exact) mass is 298 g/mol. The second-order valence-electron chi connectivity index (χ2n) is 4.62. The van der Waals surface area contributed by atoms with Gasteiger partial charge in [-0.1, -0.05) is 12.2 Å². The zero-order valence-corrected chi connectivity index (χ0v) is 11.2. The average Bonchev–Trinajstić information content (AvgIpc) is 2.97. The lowest BCUT2D eigenvalue weighted by Gasteiger charge is -2.16. The first-order chi connectivity index (χ1) is 9.63. The summed E-state index contributed by atoms with van der Waals surface area (Å²) in [7, 11) is 0. The van der Waals surface area contributed by atoms with Gasteiger partial charge in [-0.15, -0.1) is 0 Å². The quantitative estimate of drug-likeness (QED) is 0.564. The minimum absolute atomic E-state index is 0.127. The van der Waals surface area contributed by atoms with E-state index in [0.29, 0.717) is 15.8 Å². The average molecular weight is 298 g/mol. The van der Waals surface area contributed by atoms with Crippen LogP contribution in [0.1, 0.15) is 12.6 Å². The standard InChI is InChI=1S/C11H14N4O4S/c16-2-1-5-7(17)8(18)11(19-5)15-4-14-6-9(15)12-3-13-10(6)20/h3-5,7-8,11,16-18H,1-2H2,(H,12,13,20). The summed E-state index contributed by atoms with van der Waals surface area (Å²) in [5, 5.41) is 29.0. The van der Waals surface area contributed by atoms with Crippen molar-refractivity contribution in [1.82, 2.24) is 19.5 Å². The number of ether oxygens (including phenoxy) is 1. The van der Waals surface area contributed by atoms with Crippen LogP contribution in [-0.2, 0) is 4.74 Å². The molecule has 4 N–H and O–H groups in total. The molecule has 2 aromatic rings. The van der Waals surface area contributed by atoms with Gasteiger partial charge >= 0.3 is 0 Å². The number of imidazole rings is 1. The van der Waals surface area contributed by atoms with Gasteiger partial charge in [0.15, 0.2) is 10.9 Å². The molecule has 0 bridgehead atoms. The molecule has 1 saturated heterocycles. The summed E-state index contributed by atoms with van der Waals surface area (Å²) in [5.41, 5.74) is 1.06. The molecule has 0 saturated carbocycles. The fourth-order valence-electron chi connectivity index (χ4n) is 2.39. The first kappa shape index (κ1) is 13.6. The highest BCUT2D eigenvalue weighted by Crippen LogP contribution is 2.32. The SMILES string of the molecule is OCCC1OC(n2cnc3c(=S)nc[nH]c32)C(O)C1O. The highest BCUT2D eigenvalue weighted by molar-refractivity contribution is 7.71. The highest BCUT2D eigenvalue weighted by atomic mass is 32.1. The Morgan fingerprint density at radius 2 is 2.15 bits per heavy atom. The zero-order valence-electron chi connectivity index (χ0n) is 10.4. The van der Waals surface area contributed by atoms with Crippen LogP contribution in [0.3, 0.4) is 0 Å². The van der Waals surface area contributed by atoms with Crippen LogP contribution in [0.5, 0.6) is 0 Å². The molecule has 1 aliphatic heterocycles. The Kier molecular flexibility index (Phi) is 3.52. The number of hydrogen-bond donors (Lipinski definition) is 4. The molecule has 0 aromatic carbocycles. The molecular formula is C11H14N4O4S. The van der Waals surface area contributed by atoms with E-state index in [4.69, 9.17) is 22.1 Å². The lowest BCUT2D eigenvalue weighted by molar-refractivity contribution is -0.0405. The molecule has 1 fully saturated rings. The molecule has 8 nitrogen and oxygen atoms in total. The van der Waals surface area contributed by atoms with E-state index in [1.165, 1.54) is 12.7 Å². The predicted molar refractivity (Wildman–Crippen MR) is 70.3 cm³/mol. The van der Waals surface area contributed by atoms with Gasteiger partial charge in [-0.3, -0.25) is 4.57 Å². The number of H-pyrrole nitrogens is 1. The number of aliphatic hydroxyl groups is 3. The number of aliphatic hydroxyl groups excluding tert-OH is 3. The van der Waals surface area contributed by atoms with Crippen LogP contribution in [-0.4, -0.2) is 59.8 Å². The molecule has 20 heavy (non-hydrogen) atoms. The summed E-state index contributed by atoms with van der Waals surface area (Å²) in [6.45, 7) is -0.127. The molecular weight excluding hydrogens is 284 g/mol. The van der Waals surface area contributed by atoms with Gasteiger partial charge in [0.2, 0.25) is 0 Å². The lowest BCUT2D eigenvalue weighted by atomic mass is 10.1. The maximum atomic E-state index is 10.1. The molecule has 108 valence electrons. The van der Waals surface area contributed by atoms with E-state index in [9.17, 15) is 10.2 Å². The van der Waals surface area contributed by atoms with E-state index >= 15 is 0 Å². The van der Waals surface area contributed by atoms with E-state index in [-0.39, 0.29) is 13.0 Å². The van der Waals surface area contributed by atoms with Crippen LogP contribution in [0.2, 0.25) is 0 Å². The Labute approximate surface area is 118 Å². The second kappa shape index (κ2) is 5.19. The molecule has 3 heterocycles. The van der Waals surface area contributed by atoms with Crippen molar-refractivity contribution in [3.8, 4) is 0 Å². The minimum atomic E-state index is -1.11. The third-order valence-corrected chi connectivity index (χ3v) is 3.70. The van der Waals surface area contributed by atoms with E-state index in [0.717, 1.165) is 0 Å². The van der Waals surface area contributed by atoms with Gasteiger partial charge in [0.25, 0.3) is 0 Å². The smallest absolute Gasteiger partial charge is 0.165 e. The Morgan fingerprint density at radius 3 is 2.90 bits per heavy atom. The largest absolute Gasteiger partial charge is 0.396 e. The summed E-state index contributed by atoms with van der Waals surface area (Å²) in [5.74, 6) is 0. The van der Waals surface area contributed by atoms with Crippen LogP contribution in [0, 0.1) is 4.64 Å². The number of fused-ring (bicyclic) bond motifs is 1. The molecule has 9 heteroatoms. The van der Waals surface area contributed by atoms with Gasteiger partial charge in [-0.2, -0.15) is 0 Å². The normalized spacial score (nSPS) is 30.1. The maximum absolute atomic E-state index is 10.1. The second-order valence-corrected chi connectivity index (χ2v) is 5.00. The van der Waals surface area contributed by atoms with Gasteiger partial charge in [-0.05, 0) is 6.42 Å². The molecule has 0 amide bonds. The van der Waals surface area contributed by atoms with Gasteiger partial charge in [0.1, 0.15) is 23.4 Å². The molecule has 2 aromatic heterocycles. The third kappa shape index (κ3) is 2.03. The zero-order chi connectivity index (χ0) is 14.3. The van der Waals surface area contributed by atoms with Gasteiger partial charge in [0.05, 0.1) is 18.8 Å². The van der Waals surface area contributed by atoms with Crippen molar-refractivity contribution in [3.63, 3.8) is 0 Å². The van der Waals surface area contributed by atoms with Gasteiger partial charge < -0.3 is 25.0 Å². The Morgan fingerprint density at radius 1 is 1.35 bits per heavy atom. The fourth-order valence-corrected chi connectivity index (χ4v) is 2.59. The number of aromatic nitrogens is 4. The molecule has 0 aliphatic carbocycles. The summed E-state index contributed by atoms with van der Waals surface area (Å²) in [6, 6.07) is 0. The van der Waals surface area contributed by atoms with Crippen molar-refractivity contribution in [2.75, 3.05) is 6.61 Å².